The van der Waals surface area contributed by atoms with E-state index in [1.807, 2.05) is 6.07 Å². The van der Waals surface area contributed by atoms with Crippen LogP contribution in [-0.4, -0.2) is 11.2 Å². The van der Waals surface area contributed by atoms with Crippen molar-refractivity contribution in [3.63, 3.8) is 0 Å². The van der Waals surface area contributed by atoms with Crippen LogP contribution >= 0.6 is 35.6 Å². The van der Waals surface area contributed by atoms with E-state index in [0.717, 1.165) is 18.4 Å². The predicted octanol–water partition coefficient (Wildman–Crippen LogP) is 4.36. The van der Waals surface area contributed by atoms with Crippen molar-refractivity contribution in [3.8, 4) is 0 Å². The zero-order valence-corrected chi connectivity index (χ0v) is 13.0. The van der Waals surface area contributed by atoms with E-state index in [4.69, 9.17) is 28.9 Å². The molecule has 5 heteroatoms. The van der Waals surface area contributed by atoms with Crippen LogP contribution in [0.4, 0.5) is 0 Å². The van der Waals surface area contributed by atoms with Crippen molar-refractivity contribution in [2.75, 3.05) is 0 Å². The van der Waals surface area contributed by atoms with E-state index in [1.54, 1.807) is 12.1 Å². The predicted molar refractivity (Wildman–Crippen MR) is 83.2 cm³/mol. The van der Waals surface area contributed by atoms with Crippen molar-refractivity contribution in [1.82, 2.24) is 0 Å². The van der Waals surface area contributed by atoms with Gasteiger partial charge in [-0.05, 0) is 36.5 Å². The summed E-state index contributed by atoms with van der Waals surface area (Å²) in [4.78, 5) is 0. The maximum absolute atomic E-state index is 10.4. The standard InChI is InChI=1S/C14H19Cl2NO.ClH/c15-11-7-6-10(8-12(11)16)13(17)14(18)9-4-2-1-3-5-9;/h6-9,13-14,18H,1-5,17H2;1H/t13-,14+;/m0./s1. The highest BCUT2D eigenvalue weighted by Crippen LogP contribution is 2.33. The van der Waals surface area contributed by atoms with Crippen LogP contribution in [0.3, 0.4) is 0 Å². The van der Waals surface area contributed by atoms with Crippen molar-refractivity contribution in [2.45, 2.75) is 44.2 Å². The molecular weight excluding hydrogens is 305 g/mol. The molecule has 1 saturated carbocycles. The Morgan fingerprint density at radius 1 is 1.11 bits per heavy atom. The number of hydrogen-bond donors (Lipinski definition) is 2. The maximum Gasteiger partial charge on any atom is 0.0760 e. The van der Waals surface area contributed by atoms with E-state index in [1.165, 1.54) is 19.3 Å². The third-order valence-corrected chi connectivity index (χ3v) is 4.57. The van der Waals surface area contributed by atoms with Crippen LogP contribution in [0.1, 0.15) is 43.7 Å². The molecule has 1 aliphatic rings. The molecule has 1 aromatic rings. The van der Waals surface area contributed by atoms with Gasteiger partial charge in [-0.15, -0.1) is 12.4 Å². The van der Waals surface area contributed by atoms with E-state index in [9.17, 15) is 5.11 Å². The van der Waals surface area contributed by atoms with Gasteiger partial charge < -0.3 is 10.8 Å². The first kappa shape index (κ1) is 17.1. The Morgan fingerprint density at radius 3 is 2.32 bits per heavy atom. The number of hydrogen-bond acceptors (Lipinski definition) is 2. The monoisotopic (exact) mass is 323 g/mol. The first-order chi connectivity index (χ1) is 8.59. The van der Waals surface area contributed by atoms with Crippen molar-refractivity contribution >= 4 is 35.6 Å². The lowest BCUT2D eigenvalue weighted by atomic mass is 9.81. The van der Waals surface area contributed by atoms with Crippen LogP contribution in [0.2, 0.25) is 10.0 Å². The molecule has 19 heavy (non-hydrogen) atoms. The van der Waals surface area contributed by atoms with Gasteiger partial charge in [0.1, 0.15) is 0 Å². The average molecular weight is 325 g/mol. The molecule has 1 aromatic carbocycles. The normalized spacial score (nSPS) is 19.6. The smallest absolute Gasteiger partial charge is 0.0760 e. The highest BCUT2D eigenvalue weighted by molar-refractivity contribution is 6.42. The van der Waals surface area contributed by atoms with Gasteiger partial charge in [0, 0.05) is 0 Å². The molecule has 2 atom stereocenters. The molecule has 108 valence electrons. The second-order valence-electron chi connectivity index (χ2n) is 5.09. The van der Waals surface area contributed by atoms with Gasteiger partial charge in [0.25, 0.3) is 0 Å². The highest BCUT2D eigenvalue weighted by Gasteiger charge is 2.27. The van der Waals surface area contributed by atoms with Gasteiger partial charge in [-0.25, -0.2) is 0 Å². The summed E-state index contributed by atoms with van der Waals surface area (Å²) in [5.41, 5.74) is 6.99. The molecule has 0 amide bonds. The van der Waals surface area contributed by atoms with Crippen LogP contribution in [0.15, 0.2) is 18.2 Å². The molecule has 2 rings (SSSR count). The summed E-state index contributed by atoms with van der Waals surface area (Å²) >= 11 is 11.9. The third kappa shape index (κ3) is 4.24. The van der Waals surface area contributed by atoms with Gasteiger partial charge >= 0.3 is 0 Å². The topological polar surface area (TPSA) is 46.2 Å². The second kappa shape index (κ2) is 7.70. The fourth-order valence-electron chi connectivity index (χ4n) is 2.69. The largest absolute Gasteiger partial charge is 0.391 e. The molecule has 1 fully saturated rings. The zero-order valence-electron chi connectivity index (χ0n) is 10.7. The van der Waals surface area contributed by atoms with Gasteiger partial charge in [-0.3, -0.25) is 0 Å². The molecule has 0 aromatic heterocycles. The summed E-state index contributed by atoms with van der Waals surface area (Å²) in [5.74, 6) is 0.309. The average Bonchev–Trinajstić information content (AvgIpc) is 2.41. The summed E-state index contributed by atoms with van der Waals surface area (Å²) in [5, 5.41) is 11.4. The van der Waals surface area contributed by atoms with Gasteiger partial charge in [-0.2, -0.15) is 0 Å². The fraction of sp³-hybridized carbons (Fsp3) is 0.571. The first-order valence-electron chi connectivity index (χ1n) is 6.48. The Morgan fingerprint density at radius 2 is 1.74 bits per heavy atom. The SMILES string of the molecule is Cl.N[C@@H](c1ccc(Cl)c(Cl)c1)[C@H](O)C1CCCCC1. The first-order valence-corrected chi connectivity index (χ1v) is 7.24. The number of aliphatic hydroxyl groups is 1. The maximum atomic E-state index is 10.4. The lowest BCUT2D eigenvalue weighted by Gasteiger charge is -2.30. The Kier molecular flexibility index (Phi) is 6.92. The van der Waals surface area contributed by atoms with E-state index in [2.05, 4.69) is 0 Å². The molecule has 1 aliphatic carbocycles. The molecular formula is C14H20Cl3NO. The Balaban J connectivity index is 0.00000180. The van der Waals surface area contributed by atoms with E-state index >= 15 is 0 Å². The minimum absolute atomic E-state index is 0. The number of aliphatic hydroxyl groups excluding tert-OH is 1. The minimum atomic E-state index is -0.498. The van der Waals surface area contributed by atoms with Gasteiger partial charge in [0.05, 0.1) is 22.2 Å². The van der Waals surface area contributed by atoms with Crippen molar-refractivity contribution in [1.29, 1.82) is 0 Å². The van der Waals surface area contributed by atoms with Crippen LogP contribution in [0.25, 0.3) is 0 Å². The molecule has 0 spiro atoms. The van der Waals surface area contributed by atoms with Gasteiger partial charge in [0.2, 0.25) is 0 Å². The molecule has 0 bridgehead atoms. The van der Waals surface area contributed by atoms with E-state index < -0.39 is 6.10 Å². The number of halogens is 3. The molecule has 3 N–H and O–H groups in total. The lowest BCUT2D eigenvalue weighted by molar-refractivity contribution is 0.0618. The minimum Gasteiger partial charge on any atom is -0.391 e. The Bertz CT molecular complexity index is 408. The summed E-state index contributed by atoms with van der Waals surface area (Å²) < 4.78 is 0. The van der Waals surface area contributed by atoms with E-state index in [0.29, 0.717) is 16.0 Å². The van der Waals surface area contributed by atoms with Gasteiger partial charge in [-0.1, -0.05) is 48.5 Å². The Hall–Kier alpha value is 0.01000. The van der Waals surface area contributed by atoms with Crippen LogP contribution in [0, 0.1) is 5.92 Å². The number of benzene rings is 1. The van der Waals surface area contributed by atoms with Crippen molar-refractivity contribution < 1.29 is 5.11 Å². The summed E-state index contributed by atoms with van der Waals surface area (Å²) in [6.45, 7) is 0. The van der Waals surface area contributed by atoms with Crippen LogP contribution in [0.5, 0.6) is 0 Å². The molecule has 0 unspecified atom stereocenters. The van der Waals surface area contributed by atoms with Gasteiger partial charge in [0.15, 0.2) is 0 Å². The zero-order chi connectivity index (χ0) is 13.1. The molecule has 0 radical (unpaired) electrons. The summed E-state index contributed by atoms with van der Waals surface area (Å²) in [6, 6.07) is 4.93. The molecule has 0 heterocycles. The molecule has 2 nitrogen and oxygen atoms in total. The summed E-state index contributed by atoms with van der Waals surface area (Å²) in [6.07, 6.45) is 5.28. The van der Waals surface area contributed by atoms with Crippen LogP contribution in [-0.2, 0) is 0 Å². The molecule has 0 aliphatic heterocycles. The lowest BCUT2D eigenvalue weighted by Crippen LogP contribution is -2.34. The quantitative estimate of drug-likeness (QED) is 0.868. The van der Waals surface area contributed by atoms with E-state index in [-0.39, 0.29) is 18.4 Å². The van der Waals surface area contributed by atoms with Crippen molar-refractivity contribution in [3.05, 3.63) is 33.8 Å². The summed E-state index contributed by atoms with van der Waals surface area (Å²) in [7, 11) is 0. The van der Waals surface area contributed by atoms with Crippen molar-refractivity contribution in [2.24, 2.45) is 11.7 Å². The highest BCUT2D eigenvalue weighted by atomic mass is 35.5. The van der Waals surface area contributed by atoms with Crippen LogP contribution < -0.4 is 5.73 Å². The number of rotatable bonds is 3. The number of nitrogens with two attached hydrogens (primary N) is 1. The second-order valence-corrected chi connectivity index (χ2v) is 5.90. The Labute approximate surface area is 130 Å². The molecule has 0 saturated heterocycles. The fourth-order valence-corrected chi connectivity index (χ4v) is 2.99. The third-order valence-electron chi connectivity index (χ3n) is 3.83.